The molecule has 1 fully saturated rings. The quantitative estimate of drug-likeness (QED) is 0.871. The molecule has 0 aliphatic carbocycles. The van der Waals surface area contributed by atoms with Crippen molar-refractivity contribution < 1.29 is 14.7 Å². The topological polar surface area (TPSA) is 69.6 Å². The van der Waals surface area contributed by atoms with Crippen molar-refractivity contribution in [1.29, 1.82) is 0 Å². The lowest BCUT2D eigenvalue weighted by Gasteiger charge is -2.20. The molecule has 2 amide bonds. The summed E-state index contributed by atoms with van der Waals surface area (Å²) < 4.78 is 0. The number of likely N-dealkylation sites (tertiary alicyclic amines) is 1. The van der Waals surface area contributed by atoms with Crippen molar-refractivity contribution >= 4 is 12.0 Å². The van der Waals surface area contributed by atoms with Gasteiger partial charge in [0.15, 0.2) is 0 Å². The highest BCUT2D eigenvalue weighted by Crippen LogP contribution is 2.29. The van der Waals surface area contributed by atoms with Crippen molar-refractivity contribution in [2.75, 3.05) is 13.1 Å². The first-order valence-electron chi connectivity index (χ1n) is 6.31. The van der Waals surface area contributed by atoms with Gasteiger partial charge in [-0.3, -0.25) is 4.79 Å². The van der Waals surface area contributed by atoms with Crippen LogP contribution >= 0.6 is 0 Å². The molecule has 0 aromatic heterocycles. The number of urea groups is 1. The van der Waals surface area contributed by atoms with E-state index < -0.39 is 11.4 Å². The van der Waals surface area contributed by atoms with E-state index in [1.165, 1.54) is 0 Å². The highest BCUT2D eigenvalue weighted by Gasteiger charge is 2.42. The molecule has 1 aromatic rings. The summed E-state index contributed by atoms with van der Waals surface area (Å²) in [4.78, 5) is 24.6. The van der Waals surface area contributed by atoms with Crippen LogP contribution in [0.15, 0.2) is 30.3 Å². The van der Waals surface area contributed by atoms with Crippen molar-refractivity contribution in [1.82, 2.24) is 10.2 Å². The molecule has 1 aliphatic heterocycles. The van der Waals surface area contributed by atoms with Gasteiger partial charge in [-0.1, -0.05) is 30.3 Å². The number of rotatable bonds is 3. The van der Waals surface area contributed by atoms with Crippen LogP contribution in [0.2, 0.25) is 0 Å². The zero-order valence-electron chi connectivity index (χ0n) is 10.9. The molecule has 1 heterocycles. The van der Waals surface area contributed by atoms with E-state index in [9.17, 15) is 9.59 Å². The van der Waals surface area contributed by atoms with E-state index in [4.69, 9.17) is 5.11 Å². The number of benzene rings is 1. The molecule has 2 rings (SSSR count). The minimum atomic E-state index is -0.842. The van der Waals surface area contributed by atoms with Gasteiger partial charge in [-0.25, -0.2) is 4.79 Å². The van der Waals surface area contributed by atoms with Crippen LogP contribution in [0.4, 0.5) is 4.79 Å². The van der Waals surface area contributed by atoms with Crippen molar-refractivity contribution in [3.05, 3.63) is 35.9 Å². The summed E-state index contributed by atoms with van der Waals surface area (Å²) in [6.07, 6.45) is 0.501. The first kappa shape index (κ1) is 13.4. The summed E-state index contributed by atoms with van der Waals surface area (Å²) in [5.74, 6) is -0.842. The second-order valence-electron chi connectivity index (χ2n) is 5.18. The third-order valence-corrected chi connectivity index (χ3v) is 3.56. The smallest absolute Gasteiger partial charge is 0.317 e. The summed E-state index contributed by atoms with van der Waals surface area (Å²) in [5.41, 5.74) is 0.209. The molecule has 19 heavy (non-hydrogen) atoms. The predicted molar refractivity (Wildman–Crippen MR) is 70.6 cm³/mol. The van der Waals surface area contributed by atoms with E-state index in [2.05, 4.69) is 5.32 Å². The van der Waals surface area contributed by atoms with Gasteiger partial charge in [0.05, 0.1) is 5.41 Å². The molecule has 1 atom stereocenters. The number of amides is 2. The number of aliphatic carboxylic acids is 1. The Morgan fingerprint density at radius 2 is 2.05 bits per heavy atom. The third-order valence-electron chi connectivity index (χ3n) is 3.56. The Hall–Kier alpha value is -2.04. The predicted octanol–water partition coefficient (Wildman–Crippen LogP) is 1.69. The van der Waals surface area contributed by atoms with E-state index in [1.54, 1.807) is 11.8 Å². The van der Waals surface area contributed by atoms with Crippen molar-refractivity contribution in [2.24, 2.45) is 5.41 Å². The van der Waals surface area contributed by atoms with Gasteiger partial charge in [-0.05, 0) is 18.9 Å². The fraction of sp³-hybridized carbons (Fsp3) is 0.429. The first-order chi connectivity index (χ1) is 9.01. The molecule has 1 aromatic carbocycles. The molecule has 1 aliphatic rings. The van der Waals surface area contributed by atoms with Crippen LogP contribution < -0.4 is 5.32 Å². The molecular weight excluding hydrogens is 244 g/mol. The Kier molecular flexibility index (Phi) is 3.74. The van der Waals surface area contributed by atoms with Crippen molar-refractivity contribution in [3.8, 4) is 0 Å². The maximum atomic E-state index is 12.0. The number of carboxylic acid groups (broad SMARTS) is 1. The van der Waals surface area contributed by atoms with Gasteiger partial charge >= 0.3 is 12.0 Å². The van der Waals surface area contributed by atoms with Crippen molar-refractivity contribution in [3.63, 3.8) is 0 Å². The van der Waals surface area contributed by atoms with E-state index in [1.807, 2.05) is 30.3 Å². The van der Waals surface area contributed by atoms with Crippen LogP contribution in [0, 0.1) is 5.41 Å². The molecule has 102 valence electrons. The molecule has 1 saturated heterocycles. The summed E-state index contributed by atoms with van der Waals surface area (Å²) in [7, 11) is 0. The minimum Gasteiger partial charge on any atom is -0.481 e. The van der Waals surface area contributed by atoms with Crippen LogP contribution in [-0.2, 0) is 11.3 Å². The van der Waals surface area contributed by atoms with E-state index in [0.29, 0.717) is 19.5 Å². The van der Waals surface area contributed by atoms with Gasteiger partial charge in [-0.15, -0.1) is 0 Å². The molecule has 5 heteroatoms. The lowest BCUT2D eigenvalue weighted by molar-refractivity contribution is -0.146. The Labute approximate surface area is 112 Å². The van der Waals surface area contributed by atoms with Gasteiger partial charge in [0.2, 0.25) is 0 Å². The standard InChI is InChI=1S/C14H18N2O3/c1-14(12(17)18)7-8-16(10-14)13(19)15-9-11-5-3-2-4-6-11/h2-6H,7-10H2,1H3,(H,15,19)(H,17,18). The van der Waals surface area contributed by atoms with Crippen LogP contribution in [-0.4, -0.2) is 35.1 Å². The second-order valence-corrected chi connectivity index (χ2v) is 5.18. The lowest BCUT2D eigenvalue weighted by Crippen LogP contribution is -2.40. The molecule has 0 radical (unpaired) electrons. The summed E-state index contributed by atoms with van der Waals surface area (Å²) >= 11 is 0. The monoisotopic (exact) mass is 262 g/mol. The molecule has 0 saturated carbocycles. The number of carboxylic acids is 1. The van der Waals surface area contributed by atoms with E-state index in [0.717, 1.165) is 5.56 Å². The normalized spacial score (nSPS) is 22.3. The minimum absolute atomic E-state index is 0.200. The number of hydrogen-bond acceptors (Lipinski definition) is 2. The Morgan fingerprint density at radius 1 is 1.37 bits per heavy atom. The Balaban J connectivity index is 1.87. The maximum Gasteiger partial charge on any atom is 0.317 e. The van der Waals surface area contributed by atoms with Gasteiger partial charge in [-0.2, -0.15) is 0 Å². The largest absolute Gasteiger partial charge is 0.481 e. The average Bonchev–Trinajstić information content (AvgIpc) is 2.81. The average molecular weight is 262 g/mol. The molecular formula is C14H18N2O3. The lowest BCUT2D eigenvalue weighted by atomic mass is 9.90. The number of carbonyl (C=O) groups excluding carboxylic acids is 1. The summed E-state index contributed by atoms with van der Waals surface area (Å²) in [6.45, 7) is 2.89. The number of nitrogens with one attached hydrogen (secondary N) is 1. The van der Waals surface area contributed by atoms with E-state index in [-0.39, 0.29) is 12.6 Å². The third kappa shape index (κ3) is 3.05. The van der Waals surface area contributed by atoms with Gasteiger partial charge in [0.25, 0.3) is 0 Å². The SMILES string of the molecule is CC1(C(=O)O)CCN(C(=O)NCc2ccccc2)C1. The van der Waals surface area contributed by atoms with Crippen LogP contribution in [0.1, 0.15) is 18.9 Å². The van der Waals surface area contributed by atoms with Crippen LogP contribution in [0.5, 0.6) is 0 Å². The summed E-state index contributed by atoms with van der Waals surface area (Å²) in [5, 5.41) is 11.9. The molecule has 0 bridgehead atoms. The zero-order chi connectivity index (χ0) is 13.9. The fourth-order valence-electron chi connectivity index (χ4n) is 2.19. The highest BCUT2D eigenvalue weighted by atomic mass is 16.4. The van der Waals surface area contributed by atoms with Crippen molar-refractivity contribution in [2.45, 2.75) is 19.9 Å². The fourth-order valence-corrected chi connectivity index (χ4v) is 2.19. The number of carbonyl (C=O) groups is 2. The van der Waals surface area contributed by atoms with Crippen LogP contribution in [0.25, 0.3) is 0 Å². The van der Waals surface area contributed by atoms with Gasteiger partial charge < -0.3 is 15.3 Å². The number of nitrogens with zero attached hydrogens (tertiary/aromatic N) is 1. The van der Waals surface area contributed by atoms with Gasteiger partial charge in [0, 0.05) is 19.6 Å². The Morgan fingerprint density at radius 3 is 2.63 bits per heavy atom. The van der Waals surface area contributed by atoms with Gasteiger partial charge in [0.1, 0.15) is 0 Å². The first-order valence-corrected chi connectivity index (χ1v) is 6.31. The number of hydrogen-bond donors (Lipinski definition) is 2. The molecule has 1 unspecified atom stereocenters. The summed E-state index contributed by atoms with van der Waals surface area (Å²) in [6, 6.07) is 9.42. The zero-order valence-corrected chi connectivity index (χ0v) is 10.9. The van der Waals surface area contributed by atoms with Crippen LogP contribution in [0.3, 0.4) is 0 Å². The second kappa shape index (κ2) is 5.30. The Bertz CT molecular complexity index is 475. The molecule has 0 spiro atoms. The maximum absolute atomic E-state index is 12.0. The molecule has 2 N–H and O–H groups in total. The highest BCUT2D eigenvalue weighted by molar-refractivity contribution is 5.79. The molecule has 5 nitrogen and oxygen atoms in total. The van der Waals surface area contributed by atoms with E-state index >= 15 is 0 Å².